The van der Waals surface area contributed by atoms with Crippen molar-refractivity contribution in [3.05, 3.63) is 12.7 Å². The van der Waals surface area contributed by atoms with Crippen LogP contribution in [-0.2, 0) is 4.43 Å². The zero-order valence-electron chi connectivity index (χ0n) is 8.73. The van der Waals surface area contributed by atoms with Crippen LogP contribution >= 0.6 is 0 Å². The van der Waals surface area contributed by atoms with Crippen molar-refractivity contribution in [2.45, 2.75) is 45.3 Å². The quantitative estimate of drug-likeness (QED) is 0.335. The van der Waals surface area contributed by atoms with E-state index in [0.29, 0.717) is 0 Å². The second-order valence-electron chi connectivity index (χ2n) is 3.73. The lowest BCUT2D eigenvalue weighted by Gasteiger charge is -2.21. The van der Waals surface area contributed by atoms with Crippen LogP contribution in [0.5, 0.6) is 0 Å². The molecule has 0 rings (SSSR count). The van der Waals surface area contributed by atoms with Gasteiger partial charge in [-0.1, -0.05) is 18.9 Å². The average Bonchev–Trinajstić information content (AvgIpc) is 1.98. The van der Waals surface area contributed by atoms with Crippen molar-refractivity contribution in [2.75, 3.05) is 6.61 Å². The molecule has 0 radical (unpaired) electrons. The molecule has 0 aromatic rings. The molecule has 12 heavy (non-hydrogen) atoms. The van der Waals surface area contributed by atoms with E-state index in [9.17, 15) is 0 Å². The first-order valence-electron chi connectivity index (χ1n) is 4.87. The molecule has 0 fully saturated rings. The van der Waals surface area contributed by atoms with Gasteiger partial charge in [-0.2, -0.15) is 0 Å². The van der Waals surface area contributed by atoms with Crippen molar-refractivity contribution >= 4 is 8.32 Å². The smallest absolute Gasteiger partial charge is 0.186 e. The molecule has 0 aliphatic heterocycles. The van der Waals surface area contributed by atoms with Crippen LogP contribution in [0.2, 0.25) is 19.1 Å². The fourth-order valence-electron chi connectivity index (χ4n) is 1.30. The minimum Gasteiger partial charge on any atom is -0.418 e. The Labute approximate surface area is 78.0 Å². The second kappa shape index (κ2) is 6.43. The van der Waals surface area contributed by atoms with E-state index in [1.165, 1.54) is 18.9 Å². The third-order valence-corrected chi connectivity index (χ3v) is 4.60. The fraction of sp³-hybridized carbons (Fsp3) is 0.800. The Morgan fingerprint density at radius 3 is 2.50 bits per heavy atom. The van der Waals surface area contributed by atoms with E-state index >= 15 is 0 Å². The van der Waals surface area contributed by atoms with E-state index in [2.05, 4.69) is 26.6 Å². The number of unbranched alkanes of at least 4 members (excludes halogenated alkanes) is 2. The first kappa shape index (κ1) is 11.9. The van der Waals surface area contributed by atoms with Crippen LogP contribution in [0.4, 0.5) is 0 Å². The van der Waals surface area contributed by atoms with Crippen molar-refractivity contribution in [1.82, 2.24) is 0 Å². The van der Waals surface area contributed by atoms with Gasteiger partial charge in [-0.05, 0) is 32.5 Å². The molecule has 0 unspecified atom stereocenters. The minimum atomic E-state index is -1.29. The highest BCUT2D eigenvalue weighted by Crippen LogP contribution is 2.15. The van der Waals surface area contributed by atoms with E-state index in [4.69, 9.17) is 4.43 Å². The maximum absolute atomic E-state index is 5.72. The molecule has 0 saturated heterocycles. The summed E-state index contributed by atoms with van der Waals surface area (Å²) in [6, 6.07) is 1.29. The predicted molar refractivity (Wildman–Crippen MR) is 58.0 cm³/mol. The zero-order valence-corrected chi connectivity index (χ0v) is 9.73. The third kappa shape index (κ3) is 6.62. The van der Waals surface area contributed by atoms with Crippen molar-refractivity contribution in [2.24, 2.45) is 0 Å². The molecular weight excluding hydrogens is 164 g/mol. The molecule has 0 aliphatic carbocycles. The topological polar surface area (TPSA) is 9.23 Å². The van der Waals surface area contributed by atoms with E-state index in [1.807, 2.05) is 6.08 Å². The minimum absolute atomic E-state index is 0.876. The van der Waals surface area contributed by atoms with Gasteiger partial charge in [0.2, 0.25) is 0 Å². The lowest BCUT2D eigenvalue weighted by Crippen LogP contribution is -2.29. The van der Waals surface area contributed by atoms with Crippen molar-refractivity contribution < 1.29 is 4.43 Å². The van der Waals surface area contributed by atoms with Crippen LogP contribution in [0.25, 0.3) is 0 Å². The Morgan fingerprint density at radius 2 is 2.00 bits per heavy atom. The number of hydrogen-bond acceptors (Lipinski definition) is 1. The SMILES string of the molecule is C=CCCCC[Si](C)(C)OCC. The Balaban J connectivity index is 3.39. The molecule has 0 heterocycles. The monoisotopic (exact) mass is 186 g/mol. The molecular formula is C10H22OSi. The first-order valence-corrected chi connectivity index (χ1v) is 7.99. The van der Waals surface area contributed by atoms with E-state index in [0.717, 1.165) is 13.0 Å². The first-order chi connectivity index (χ1) is 5.62. The maximum atomic E-state index is 5.72. The van der Waals surface area contributed by atoms with Gasteiger partial charge in [-0.15, -0.1) is 6.58 Å². The molecule has 0 spiro atoms. The van der Waals surface area contributed by atoms with E-state index in [1.54, 1.807) is 0 Å². The second-order valence-corrected chi connectivity index (χ2v) is 8.04. The van der Waals surface area contributed by atoms with Crippen LogP contribution < -0.4 is 0 Å². The highest BCUT2D eigenvalue weighted by molar-refractivity contribution is 6.71. The standard InChI is InChI=1S/C10H22OSi/c1-5-7-8-9-10-12(3,4)11-6-2/h5H,1,6-10H2,2-4H3. The van der Waals surface area contributed by atoms with Gasteiger partial charge in [0.1, 0.15) is 0 Å². The lowest BCUT2D eigenvalue weighted by atomic mass is 10.2. The summed E-state index contributed by atoms with van der Waals surface area (Å²) in [7, 11) is -1.29. The summed E-state index contributed by atoms with van der Waals surface area (Å²) in [6.07, 6.45) is 5.71. The highest BCUT2D eigenvalue weighted by Gasteiger charge is 2.20. The molecule has 0 bridgehead atoms. The van der Waals surface area contributed by atoms with Crippen LogP contribution in [0.3, 0.4) is 0 Å². The van der Waals surface area contributed by atoms with Crippen molar-refractivity contribution in [3.8, 4) is 0 Å². The lowest BCUT2D eigenvalue weighted by molar-refractivity contribution is 0.328. The maximum Gasteiger partial charge on any atom is 0.186 e. The summed E-state index contributed by atoms with van der Waals surface area (Å²) in [5, 5.41) is 0. The fourth-order valence-corrected chi connectivity index (χ4v) is 3.33. The van der Waals surface area contributed by atoms with Crippen LogP contribution in [-0.4, -0.2) is 14.9 Å². The molecule has 0 saturated carbocycles. The average molecular weight is 186 g/mol. The molecule has 72 valence electrons. The summed E-state index contributed by atoms with van der Waals surface area (Å²) in [4.78, 5) is 0. The molecule has 0 aromatic heterocycles. The summed E-state index contributed by atoms with van der Waals surface area (Å²) < 4.78 is 5.72. The van der Waals surface area contributed by atoms with E-state index < -0.39 is 8.32 Å². The van der Waals surface area contributed by atoms with Gasteiger partial charge in [0.05, 0.1) is 0 Å². The number of allylic oxidation sites excluding steroid dienone is 1. The van der Waals surface area contributed by atoms with Crippen LogP contribution in [0.15, 0.2) is 12.7 Å². The van der Waals surface area contributed by atoms with Crippen LogP contribution in [0.1, 0.15) is 26.2 Å². The molecule has 0 N–H and O–H groups in total. The van der Waals surface area contributed by atoms with Crippen LogP contribution in [0, 0.1) is 0 Å². The third-order valence-electron chi connectivity index (χ3n) is 1.97. The molecule has 0 aliphatic rings. The molecule has 0 aromatic carbocycles. The Bertz CT molecular complexity index is 121. The Hall–Kier alpha value is -0.0831. The number of hydrogen-bond donors (Lipinski definition) is 0. The summed E-state index contributed by atoms with van der Waals surface area (Å²) in [6.45, 7) is 11.3. The van der Waals surface area contributed by atoms with Crippen molar-refractivity contribution in [3.63, 3.8) is 0 Å². The van der Waals surface area contributed by atoms with Gasteiger partial charge in [0.15, 0.2) is 8.32 Å². The predicted octanol–water partition coefficient (Wildman–Crippen LogP) is 3.58. The molecule has 2 heteroatoms. The Morgan fingerprint density at radius 1 is 1.33 bits per heavy atom. The molecule has 1 nitrogen and oxygen atoms in total. The molecule has 0 atom stereocenters. The molecule has 0 amide bonds. The number of rotatable bonds is 7. The Kier molecular flexibility index (Phi) is 6.39. The van der Waals surface area contributed by atoms with E-state index in [-0.39, 0.29) is 0 Å². The van der Waals surface area contributed by atoms with Gasteiger partial charge in [-0.25, -0.2) is 0 Å². The largest absolute Gasteiger partial charge is 0.418 e. The summed E-state index contributed by atoms with van der Waals surface area (Å²) in [5.74, 6) is 0. The van der Waals surface area contributed by atoms with Gasteiger partial charge in [-0.3, -0.25) is 0 Å². The normalized spacial score (nSPS) is 11.6. The zero-order chi connectivity index (χ0) is 9.45. The highest BCUT2D eigenvalue weighted by atomic mass is 28.4. The van der Waals surface area contributed by atoms with Gasteiger partial charge in [0.25, 0.3) is 0 Å². The van der Waals surface area contributed by atoms with Crippen molar-refractivity contribution in [1.29, 1.82) is 0 Å². The van der Waals surface area contributed by atoms with Gasteiger partial charge in [0, 0.05) is 6.61 Å². The van der Waals surface area contributed by atoms with Gasteiger partial charge < -0.3 is 4.43 Å². The summed E-state index contributed by atoms with van der Waals surface area (Å²) in [5.41, 5.74) is 0. The van der Waals surface area contributed by atoms with Gasteiger partial charge >= 0.3 is 0 Å². The summed E-state index contributed by atoms with van der Waals surface area (Å²) >= 11 is 0.